The summed E-state index contributed by atoms with van der Waals surface area (Å²) in [6, 6.07) is 2.33. The standard InChI is InChI=1S/C11H15FN4O4S/c1-21(19,20)15-4-2-14(3-5-15)8-6-9(12)11(13)10(7-8)16(17)18/h6-7H,2-5,13H2,1H3. The minimum absolute atomic E-state index is 0.249. The number of piperazine rings is 1. The summed E-state index contributed by atoms with van der Waals surface area (Å²) in [5.74, 6) is -0.857. The zero-order valence-electron chi connectivity index (χ0n) is 11.3. The molecule has 10 heteroatoms. The van der Waals surface area contributed by atoms with Crippen molar-refractivity contribution < 1.29 is 17.7 Å². The Hall–Kier alpha value is -1.94. The smallest absolute Gasteiger partial charge is 0.297 e. The van der Waals surface area contributed by atoms with Crippen LogP contribution in [0.1, 0.15) is 0 Å². The molecule has 2 rings (SSSR count). The van der Waals surface area contributed by atoms with Gasteiger partial charge in [0.25, 0.3) is 5.69 Å². The van der Waals surface area contributed by atoms with E-state index < -0.39 is 32.1 Å². The van der Waals surface area contributed by atoms with E-state index in [4.69, 9.17) is 5.73 Å². The van der Waals surface area contributed by atoms with Crippen molar-refractivity contribution in [3.63, 3.8) is 0 Å². The van der Waals surface area contributed by atoms with Crippen LogP contribution >= 0.6 is 0 Å². The van der Waals surface area contributed by atoms with E-state index in [-0.39, 0.29) is 13.1 Å². The van der Waals surface area contributed by atoms with E-state index in [1.807, 2.05) is 0 Å². The number of nitrogens with zero attached hydrogens (tertiary/aromatic N) is 3. The summed E-state index contributed by atoms with van der Waals surface area (Å²) in [6.45, 7) is 1.15. The van der Waals surface area contributed by atoms with Crippen LogP contribution in [-0.4, -0.2) is 50.1 Å². The molecule has 1 aliphatic rings. The molecule has 1 aromatic rings. The lowest BCUT2D eigenvalue weighted by atomic mass is 10.2. The molecular formula is C11H15FN4O4S. The highest BCUT2D eigenvalue weighted by atomic mass is 32.2. The van der Waals surface area contributed by atoms with E-state index >= 15 is 0 Å². The average Bonchev–Trinajstić information content (AvgIpc) is 2.40. The van der Waals surface area contributed by atoms with Crippen molar-refractivity contribution in [1.29, 1.82) is 0 Å². The second kappa shape index (κ2) is 5.45. The lowest BCUT2D eigenvalue weighted by molar-refractivity contribution is -0.384. The largest absolute Gasteiger partial charge is 0.391 e. The minimum Gasteiger partial charge on any atom is -0.391 e. The van der Waals surface area contributed by atoms with E-state index in [1.54, 1.807) is 4.90 Å². The van der Waals surface area contributed by atoms with E-state index in [0.717, 1.165) is 12.3 Å². The molecule has 1 heterocycles. The number of hydrogen-bond acceptors (Lipinski definition) is 6. The van der Waals surface area contributed by atoms with Crippen LogP contribution < -0.4 is 10.6 Å². The van der Waals surface area contributed by atoms with Crippen LogP contribution in [0, 0.1) is 15.9 Å². The molecule has 0 atom stereocenters. The number of benzene rings is 1. The zero-order valence-corrected chi connectivity index (χ0v) is 12.1. The van der Waals surface area contributed by atoms with Crippen molar-refractivity contribution in [3.8, 4) is 0 Å². The van der Waals surface area contributed by atoms with Crippen molar-refractivity contribution in [2.75, 3.05) is 43.1 Å². The van der Waals surface area contributed by atoms with Gasteiger partial charge >= 0.3 is 0 Å². The van der Waals surface area contributed by atoms with Crippen LogP contribution in [0.5, 0.6) is 0 Å². The number of nitro benzene ring substituents is 1. The maximum absolute atomic E-state index is 13.7. The molecule has 0 aliphatic carbocycles. The zero-order chi connectivity index (χ0) is 15.8. The summed E-state index contributed by atoms with van der Waals surface area (Å²) < 4.78 is 37.8. The highest BCUT2D eigenvalue weighted by molar-refractivity contribution is 7.88. The number of nitrogens with two attached hydrogens (primary N) is 1. The van der Waals surface area contributed by atoms with Crippen LogP contribution in [0.2, 0.25) is 0 Å². The predicted octanol–water partition coefficient (Wildman–Crippen LogP) is 0.398. The molecule has 21 heavy (non-hydrogen) atoms. The first-order valence-corrected chi connectivity index (χ1v) is 7.98. The topological polar surface area (TPSA) is 110 Å². The third kappa shape index (κ3) is 3.22. The Kier molecular flexibility index (Phi) is 4.01. The van der Waals surface area contributed by atoms with Crippen molar-refractivity contribution in [1.82, 2.24) is 4.31 Å². The van der Waals surface area contributed by atoms with Gasteiger partial charge in [0.05, 0.1) is 11.2 Å². The summed E-state index contributed by atoms with van der Waals surface area (Å²) in [4.78, 5) is 11.8. The molecular weight excluding hydrogens is 303 g/mol. The summed E-state index contributed by atoms with van der Waals surface area (Å²) >= 11 is 0. The number of hydrogen-bond donors (Lipinski definition) is 1. The maximum Gasteiger partial charge on any atom is 0.297 e. The Labute approximate surface area is 121 Å². The fourth-order valence-electron chi connectivity index (χ4n) is 2.20. The Balaban J connectivity index is 2.23. The number of nitro groups is 1. The highest BCUT2D eigenvalue weighted by Gasteiger charge is 2.26. The molecule has 0 amide bonds. The van der Waals surface area contributed by atoms with Gasteiger partial charge < -0.3 is 10.6 Å². The van der Waals surface area contributed by atoms with Crippen molar-refractivity contribution >= 4 is 27.1 Å². The van der Waals surface area contributed by atoms with Gasteiger partial charge in [-0.3, -0.25) is 10.1 Å². The van der Waals surface area contributed by atoms with Crippen molar-refractivity contribution in [2.45, 2.75) is 0 Å². The number of rotatable bonds is 3. The Morgan fingerprint density at radius 3 is 2.33 bits per heavy atom. The maximum atomic E-state index is 13.7. The molecule has 116 valence electrons. The molecule has 0 spiro atoms. The molecule has 1 aromatic carbocycles. The normalized spacial score (nSPS) is 17.0. The fraction of sp³-hybridized carbons (Fsp3) is 0.455. The van der Waals surface area contributed by atoms with E-state index in [0.29, 0.717) is 18.8 Å². The molecule has 8 nitrogen and oxygen atoms in total. The van der Waals surface area contributed by atoms with Crippen LogP contribution in [0.25, 0.3) is 0 Å². The van der Waals surface area contributed by atoms with Crippen LogP contribution in [0.3, 0.4) is 0 Å². The Bertz CT molecular complexity index is 671. The number of sulfonamides is 1. The van der Waals surface area contributed by atoms with Crippen molar-refractivity contribution in [2.24, 2.45) is 0 Å². The highest BCUT2D eigenvalue weighted by Crippen LogP contribution is 2.31. The molecule has 0 unspecified atom stereocenters. The fourth-order valence-corrected chi connectivity index (χ4v) is 3.03. The summed E-state index contributed by atoms with van der Waals surface area (Å²) in [5, 5.41) is 10.8. The van der Waals surface area contributed by atoms with E-state index in [2.05, 4.69) is 0 Å². The van der Waals surface area contributed by atoms with Gasteiger partial charge in [0, 0.05) is 37.9 Å². The Morgan fingerprint density at radius 2 is 1.86 bits per heavy atom. The second-order valence-electron chi connectivity index (χ2n) is 4.77. The van der Waals surface area contributed by atoms with Gasteiger partial charge in [0.1, 0.15) is 5.69 Å². The summed E-state index contributed by atoms with van der Waals surface area (Å²) in [7, 11) is -3.26. The van der Waals surface area contributed by atoms with Gasteiger partial charge in [-0.15, -0.1) is 0 Å². The first-order chi connectivity index (χ1) is 9.70. The van der Waals surface area contributed by atoms with Crippen LogP contribution in [-0.2, 0) is 10.0 Å². The molecule has 1 aliphatic heterocycles. The predicted molar refractivity (Wildman–Crippen MR) is 76.1 cm³/mol. The molecule has 0 aromatic heterocycles. The third-order valence-electron chi connectivity index (χ3n) is 3.36. The van der Waals surface area contributed by atoms with Gasteiger partial charge in [0.2, 0.25) is 10.0 Å². The first-order valence-electron chi connectivity index (χ1n) is 6.13. The van der Waals surface area contributed by atoms with E-state index in [1.165, 1.54) is 10.4 Å². The monoisotopic (exact) mass is 318 g/mol. The second-order valence-corrected chi connectivity index (χ2v) is 6.75. The number of anilines is 2. The first kappa shape index (κ1) is 15.4. The third-order valence-corrected chi connectivity index (χ3v) is 4.67. The molecule has 2 N–H and O–H groups in total. The number of halogens is 1. The van der Waals surface area contributed by atoms with Gasteiger partial charge in [-0.05, 0) is 6.07 Å². The van der Waals surface area contributed by atoms with Crippen LogP contribution in [0.15, 0.2) is 12.1 Å². The van der Waals surface area contributed by atoms with Crippen molar-refractivity contribution in [3.05, 3.63) is 28.1 Å². The molecule has 0 bridgehead atoms. The molecule has 1 saturated heterocycles. The minimum atomic E-state index is -3.26. The number of nitrogen functional groups attached to an aromatic ring is 1. The van der Waals surface area contributed by atoms with Gasteiger partial charge in [-0.1, -0.05) is 0 Å². The summed E-state index contributed by atoms with van der Waals surface area (Å²) in [6.07, 6.45) is 1.12. The van der Waals surface area contributed by atoms with Gasteiger partial charge in [0.15, 0.2) is 5.82 Å². The lowest BCUT2D eigenvalue weighted by Gasteiger charge is -2.34. The SMILES string of the molecule is CS(=O)(=O)N1CCN(c2cc(F)c(N)c([N+](=O)[O-])c2)CC1. The van der Waals surface area contributed by atoms with Gasteiger partial charge in [-0.2, -0.15) is 4.31 Å². The molecule has 1 fully saturated rings. The Morgan fingerprint density at radius 1 is 1.29 bits per heavy atom. The lowest BCUT2D eigenvalue weighted by Crippen LogP contribution is -2.48. The average molecular weight is 318 g/mol. The molecule has 0 saturated carbocycles. The molecule has 0 radical (unpaired) electrons. The van der Waals surface area contributed by atoms with Crippen LogP contribution in [0.4, 0.5) is 21.5 Å². The quantitative estimate of drug-likeness (QED) is 0.491. The summed E-state index contributed by atoms with van der Waals surface area (Å²) in [5.41, 5.74) is 4.67. The van der Waals surface area contributed by atoms with Gasteiger partial charge in [-0.25, -0.2) is 12.8 Å². The van der Waals surface area contributed by atoms with E-state index in [9.17, 15) is 22.9 Å².